The van der Waals surface area contributed by atoms with Crippen LogP contribution in [-0.2, 0) is 4.79 Å². The fourth-order valence-corrected chi connectivity index (χ4v) is 2.32. The lowest BCUT2D eigenvalue weighted by molar-refractivity contribution is -0.115. The average Bonchev–Trinajstić information content (AvgIpc) is 2.48. The van der Waals surface area contributed by atoms with Gasteiger partial charge < -0.3 is 10.6 Å². The highest BCUT2D eigenvalue weighted by Gasteiger charge is 2.10. The largest absolute Gasteiger partial charge is 0.325 e. The number of amides is 1. The van der Waals surface area contributed by atoms with Crippen LogP contribution in [0.4, 0.5) is 5.69 Å². The van der Waals surface area contributed by atoms with Gasteiger partial charge in [-0.1, -0.05) is 47.5 Å². The van der Waals surface area contributed by atoms with Gasteiger partial charge in [0.1, 0.15) is 0 Å². The van der Waals surface area contributed by atoms with Gasteiger partial charge in [-0.25, -0.2) is 0 Å². The molecule has 0 fully saturated rings. The minimum absolute atomic E-state index is 0.0162. The third-order valence-electron chi connectivity index (χ3n) is 3.28. The molecule has 1 atom stereocenters. The molecule has 1 amide bonds. The molecule has 0 bridgehead atoms. The molecule has 0 aromatic heterocycles. The molecule has 0 aliphatic heterocycles. The molecule has 0 heterocycles. The van der Waals surface area contributed by atoms with Crippen LogP contribution in [0.25, 0.3) is 0 Å². The summed E-state index contributed by atoms with van der Waals surface area (Å²) in [6.07, 6.45) is 0. The van der Waals surface area contributed by atoms with Crippen molar-refractivity contribution in [3.8, 4) is 0 Å². The number of hydrogen-bond donors (Lipinski definition) is 2. The Morgan fingerprint density at radius 2 is 1.81 bits per heavy atom. The molecule has 4 heteroatoms. The smallest absolute Gasteiger partial charge is 0.238 e. The van der Waals surface area contributed by atoms with Crippen molar-refractivity contribution in [2.24, 2.45) is 0 Å². The molecule has 110 valence electrons. The Morgan fingerprint density at radius 1 is 1.14 bits per heavy atom. The van der Waals surface area contributed by atoms with E-state index >= 15 is 0 Å². The summed E-state index contributed by atoms with van der Waals surface area (Å²) in [6, 6.07) is 15.4. The van der Waals surface area contributed by atoms with Crippen LogP contribution in [0.15, 0.2) is 48.5 Å². The second-order valence-corrected chi connectivity index (χ2v) is 5.45. The van der Waals surface area contributed by atoms with Gasteiger partial charge in [0.25, 0.3) is 0 Å². The fraction of sp³-hybridized carbons (Fsp3) is 0.235. The van der Waals surface area contributed by atoms with Gasteiger partial charge in [-0.15, -0.1) is 0 Å². The Hall–Kier alpha value is -1.84. The van der Waals surface area contributed by atoms with E-state index in [4.69, 9.17) is 11.6 Å². The molecule has 0 spiro atoms. The van der Waals surface area contributed by atoms with Crippen molar-refractivity contribution < 1.29 is 4.79 Å². The summed E-state index contributed by atoms with van der Waals surface area (Å²) in [5, 5.41) is 6.74. The van der Waals surface area contributed by atoms with Gasteiger partial charge in [0.2, 0.25) is 5.91 Å². The zero-order chi connectivity index (χ0) is 15.2. The van der Waals surface area contributed by atoms with Crippen molar-refractivity contribution in [1.82, 2.24) is 5.32 Å². The first-order chi connectivity index (χ1) is 10.1. The van der Waals surface area contributed by atoms with E-state index in [9.17, 15) is 4.79 Å². The van der Waals surface area contributed by atoms with Crippen LogP contribution in [0.3, 0.4) is 0 Å². The van der Waals surface area contributed by atoms with Crippen molar-refractivity contribution in [2.75, 3.05) is 11.9 Å². The van der Waals surface area contributed by atoms with Gasteiger partial charge >= 0.3 is 0 Å². The Balaban J connectivity index is 1.86. The van der Waals surface area contributed by atoms with E-state index in [1.54, 1.807) is 0 Å². The van der Waals surface area contributed by atoms with Gasteiger partial charge in [-0.3, -0.25) is 4.79 Å². The second kappa shape index (κ2) is 7.25. The molecular weight excluding hydrogens is 284 g/mol. The van der Waals surface area contributed by atoms with E-state index in [0.29, 0.717) is 5.02 Å². The van der Waals surface area contributed by atoms with Crippen LogP contribution in [0.1, 0.15) is 24.1 Å². The highest BCUT2D eigenvalue weighted by Crippen LogP contribution is 2.21. The zero-order valence-corrected chi connectivity index (χ0v) is 12.9. The molecule has 0 aliphatic carbocycles. The van der Waals surface area contributed by atoms with Crippen LogP contribution in [-0.4, -0.2) is 12.5 Å². The first-order valence-corrected chi connectivity index (χ1v) is 7.28. The lowest BCUT2D eigenvalue weighted by Gasteiger charge is -2.15. The lowest BCUT2D eigenvalue weighted by Crippen LogP contribution is -2.30. The van der Waals surface area contributed by atoms with E-state index in [0.717, 1.165) is 11.3 Å². The standard InChI is InChI=1S/C17H19ClN2O/c1-12-7-9-14(10-8-12)20-17(21)11-19-13(2)15-5-3-4-6-16(15)18/h3-10,13,19H,11H2,1-2H3,(H,20,21)/t13-/m1/s1. The maximum absolute atomic E-state index is 11.9. The van der Waals surface area contributed by atoms with Crippen LogP contribution >= 0.6 is 11.6 Å². The predicted molar refractivity (Wildman–Crippen MR) is 87.7 cm³/mol. The summed E-state index contributed by atoms with van der Waals surface area (Å²) >= 11 is 6.14. The molecule has 2 aromatic rings. The molecule has 0 radical (unpaired) electrons. The van der Waals surface area contributed by atoms with E-state index in [-0.39, 0.29) is 18.5 Å². The van der Waals surface area contributed by atoms with Crippen LogP contribution < -0.4 is 10.6 Å². The highest BCUT2D eigenvalue weighted by molar-refractivity contribution is 6.31. The molecular formula is C17H19ClN2O. The quantitative estimate of drug-likeness (QED) is 0.878. The minimum Gasteiger partial charge on any atom is -0.325 e. The molecule has 2 N–H and O–H groups in total. The highest BCUT2D eigenvalue weighted by atomic mass is 35.5. The van der Waals surface area contributed by atoms with E-state index in [1.165, 1.54) is 5.56 Å². The van der Waals surface area contributed by atoms with Gasteiger partial charge in [0.05, 0.1) is 6.54 Å². The monoisotopic (exact) mass is 302 g/mol. The van der Waals surface area contributed by atoms with Crippen molar-refractivity contribution in [3.05, 3.63) is 64.7 Å². The maximum Gasteiger partial charge on any atom is 0.238 e. The number of nitrogens with one attached hydrogen (secondary N) is 2. The third-order valence-corrected chi connectivity index (χ3v) is 3.62. The summed E-state index contributed by atoms with van der Waals surface area (Å²) in [5.41, 5.74) is 2.96. The maximum atomic E-state index is 11.9. The zero-order valence-electron chi connectivity index (χ0n) is 12.2. The predicted octanol–water partition coefficient (Wildman–Crippen LogP) is 3.94. The van der Waals surface area contributed by atoms with Crippen molar-refractivity contribution in [3.63, 3.8) is 0 Å². The molecule has 0 saturated heterocycles. The van der Waals surface area contributed by atoms with E-state index < -0.39 is 0 Å². The summed E-state index contributed by atoms with van der Waals surface area (Å²) < 4.78 is 0. The van der Waals surface area contributed by atoms with E-state index in [1.807, 2.05) is 62.4 Å². The second-order valence-electron chi connectivity index (χ2n) is 5.04. The van der Waals surface area contributed by atoms with Gasteiger partial charge in [-0.2, -0.15) is 0 Å². The van der Waals surface area contributed by atoms with Crippen molar-refractivity contribution in [1.29, 1.82) is 0 Å². The summed E-state index contributed by atoms with van der Waals surface area (Å²) in [7, 11) is 0. The average molecular weight is 303 g/mol. The van der Waals surface area contributed by atoms with Crippen LogP contribution in [0.2, 0.25) is 5.02 Å². The normalized spacial score (nSPS) is 12.0. The Kier molecular flexibility index (Phi) is 5.37. The summed E-state index contributed by atoms with van der Waals surface area (Å²) in [6.45, 7) is 4.24. The first-order valence-electron chi connectivity index (χ1n) is 6.90. The number of aryl methyl sites for hydroxylation is 1. The number of hydrogen-bond acceptors (Lipinski definition) is 2. The van der Waals surface area contributed by atoms with Gasteiger partial charge in [0, 0.05) is 16.8 Å². The number of anilines is 1. The number of carbonyl (C=O) groups is 1. The van der Waals surface area contributed by atoms with Crippen molar-refractivity contribution >= 4 is 23.2 Å². The third kappa shape index (κ3) is 4.59. The number of halogens is 1. The Labute approximate surface area is 130 Å². The molecule has 0 unspecified atom stereocenters. The number of carbonyl (C=O) groups excluding carboxylic acids is 1. The molecule has 2 rings (SSSR count). The van der Waals surface area contributed by atoms with Crippen LogP contribution in [0.5, 0.6) is 0 Å². The minimum atomic E-state index is -0.0715. The van der Waals surface area contributed by atoms with Crippen LogP contribution in [0, 0.1) is 6.92 Å². The molecule has 21 heavy (non-hydrogen) atoms. The molecule has 0 saturated carbocycles. The summed E-state index contributed by atoms with van der Waals surface area (Å²) in [4.78, 5) is 11.9. The summed E-state index contributed by atoms with van der Waals surface area (Å²) in [5.74, 6) is -0.0715. The van der Waals surface area contributed by atoms with Crippen molar-refractivity contribution in [2.45, 2.75) is 19.9 Å². The number of rotatable bonds is 5. The molecule has 0 aliphatic rings. The topological polar surface area (TPSA) is 41.1 Å². The number of benzene rings is 2. The van der Waals surface area contributed by atoms with E-state index in [2.05, 4.69) is 10.6 Å². The Bertz CT molecular complexity index is 610. The molecule has 2 aromatic carbocycles. The van der Waals surface area contributed by atoms with Gasteiger partial charge in [0.15, 0.2) is 0 Å². The fourth-order valence-electron chi connectivity index (χ4n) is 2.02. The lowest BCUT2D eigenvalue weighted by atomic mass is 10.1. The van der Waals surface area contributed by atoms with Gasteiger partial charge in [-0.05, 0) is 37.6 Å². The first kappa shape index (κ1) is 15.5. The Morgan fingerprint density at radius 3 is 2.48 bits per heavy atom. The SMILES string of the molecule is Cc1ccc(NC(=O)CN[C@H](C)c2ccccc2Cl)cc1. The molecule has 3 nitrogen and oxygen atoms in total.